The molecule has 0 aliphatic rings. The van der Waals surface area contributed by atoms with Crippen LogP contribution in [0.2, 0.25) is 0 Å². The van der Waals surface area contributed by atoms with Gasteiger partial charge in [0.15, 0.2) is 5.75 Å². The van der Waals surface area contributed by atoms with Crippen LogP contribution in [0, 0.1) is 0 Å². The molecule has 0 N–H and O–H groups in total. The second kappa shape index (κ2) is 4.64. The standard InChI is InChI=1S/C20H13O/c21-19-13-5-9-15-8-4-12-18(20(15)19)17-11-3-7-14-6-1-2-10-16(14)17/h1-13H. The van der Waals surface area contributed by atoms with Gasteiger partial charge >= 0.3 is 0 Å². The first kappa shape index (κ1) is 12.0. The van der Waals surface area contributed by atoms with Gasteiger partial charge in [-0.2, -0.15) is 0 Å². The van der Waals surface area contributed by atoms with Gasteiger partial charge in [0.1, 0.15) is 0 Å². The Morgan fingerprint density at radius 3 is 2.00 bits per heavy atom. The molecule has 1 radical (unpaired) electrons. The zero-order valence-corrected chi connectivity index (χ0v) is 11.4. The van der Waals surface area contributed by atoms with Crippen LogP contribution in [0.25, 0.3) is 32.7 Å². The molecule has 0 aliphatic carbocycles. The molecule has 0 unspecified atom stereocenters. The smallest absolute Gasteiger partial charge is 0.187 e. The summed E-state index contributed by atoms with van der Waals surface area (Å²) >= 11 is 0. The normalized spacial score (nSPS) is 11.0. The van der Waals surface area contributed by atoms with E-state index in [-0.39, 0.29) is 5.75 Å². The lowest BCUT2D eigenvalue weighted by Gasteiger charge is -2.10. The van der Waals surface area contributed by atoms with Gasteiger partial charge in [-0.15, -0.1) is 0 Å². The van der Waals surface area contributed by atoms with Crippen LogP contribution in [0.5, 0.6) is 5.75 Å². The van der Waals surface area contributed by atoms with Crippen LogP contribution < -0.4 is 0 Å². The van der Waals surface area contributed by atoms with Crippen molar-refractivity contribution < 1.29 is 5.11 Å². The Morgan fingerprint density at radius 1 is 0.524 bits per heavy atom. The van der Waals surface area contributed by atoms with E-state index in [1.807, 2.05) is 48.5 Å². The van der Waals surface area contributed by atoms with Gasteiger partial charge in [0.2, 0.25) is 0 Å². The topological polar surface area (TPSA) is 19.9 Å². The summed E-state index contributed by atoms with van der Waals surface area (Å²) in [4.78, 5) is 0. The van der Waals surface area contributed by atoms with Gasteiger partial charge in [0, 0.05) is 5.39 Å². The summed E-state index contributed by atoms with van der Waals surface area (Å²) in [6.07, 6.45) is 0. The number of hydrogen-bond acceptors (Lipinski definition) is 0. The molecule has 0 saturated heterocycles. The summed E-state index contributed by atoms with van der Waals surface area (Å²) in [5.74, 6) is 0.0797. The summed E-state index contributed by atoms with van der Waals surface area (Å²) < 4.78 is 0. The molecule has 0 heterocycles. The SMILES string of the molecule is [O]c1cccc2cccc(-c3cccc4ccccc34)c12. The molecule has 99 valence electrons. The predicted octanol–water partition coefficient (Wildman–Crippen LogP) is 5.80. The molecule has 0 spiro atoms. The van der Waals surface area contributed by atoms with E-state index in [1.165, 1.54) is 10.8 Å². The highest BCUT2D eigenvalue weighted by molar-refractivity contribution is 6.07. The minimum absolute atomic E-state index is 0.0797. The molecule has 1 nitrogen and oxygen atoms in total. The Hall–Kier alpha value is -2.80. The third-order valence-electron chi connectivity index (χ3n) is 3.95. The first-order valence-electron chi connectivity index (χ1n) is 7.01. The van der Waals surface area contributed by atoms with Crippen molar-refractivity contribution in [2.45, 2.75) is 0 Å². The first-order valence-corrected chi connectivity index (χ1v) is 7.01. The van der Waals surface area contributed by atoms with Crippen LogP contribution in [0.15, 0.2) is 78.9 Å². The molecule has 0 aliphatic heterocycles. The lowest BCUT2D eigenvalue weighted by Crippen LogP contribution is -1.84. The van der Waals surface area contributed by atoms with Crippen molar-refractivity contribution in [2.24, 2.45) is 0 Å². The molecule has 1 heteroatoms. The van der Waals surface area contributed by atoms with Crippen LogP contribution in [-0.2, 0) is 5.11 Å². The largest absolute Gasteiger partial charge is 0.289 e. The summed E-state index contributed by atoms with van der Waals surface area (Å²) in [5, 5.41) is 16.5. The Labute approximate surface area is 123 Å². The van der Waals surface area contributed by atoms with Gasteiger partial charge in [0.25, 0.3) is 0 Å². The maximum atomic E-state index is 12.3. The Morgan fingerprint density at radius 2 is 1.14 bits per heavy atom. The average molecular weight is 269 g/mol. The van der Waals surface area contributed by atoms with Gasteiger partial charge in [-0.25, -0.2) is 0 Å². The Kier molecular flexibility index (Phi) is 2.65. The molecule has 0 bridgehead atoms. The maximum Gasteiger partial charge on any atom is 0.187 e. The molecule has 0 atom stereocenters. The van der Waals surface area contributed by atoms with E-state index in [0.717, 1.165) is 21.9 Å². The predicted molar refractivity (Wildman–Crippen MR) is 87.0 cm³/mol. The van der Waals surface area contributed by atoms with Gasteiger partial charge in [-0.1, -0.05) is 72.8 Å². The zero-order chi connectivity index (χ0) is 14.2. The molecule has 4 rings (SSSR count). The second-order valence-electron chi connectivity index (χ2n) is 5.19. The molecule has 0 aromatic heterocycles. The van der Waals surface area contributed by atoms with Gasteiger partial charge in [-0.3, -0.25) is 5.11 Å². The highest BCUT2D eigenvalue weighted by atomic mass is 16.3. The van der Waals surface area contributed by atoms with Gasteiger partial charge in [-0.05, 0) is 33.4 Å². The fourth-order valence-electron chi connectivity index (χ4n) is 2.99. The number of rotatable bonds is 1. The summed E-state index contributed by atoms with van der Waals surface area (Å²) in [7, 11) is 0. The Bertz CT molecular complexity index is 943. The molecular weight excluding hydrogens is 256 g/mol. The molecule has 21 heavy (non-hydrogen) atoms. The minimum atomic E-state index is 0.0797. The molecular formula is C20H13O. The van der Waals surface area contributed by atoms with Crippen LogP contribution >= 0.6 is 0 Å². The van der Waals surface area contributed by atoms with Gasteiger partial charge < -0.3 is 0 Å². The van der Waals surface area contributed by atoms with E-state index >= 15 is 0 Å². The summed E-state index contributed by atoms with van der Waals surface area (Å²) in [6.45, 7) is 0. The van der Waals surface area contributed by atoms with Crippen LogP contribution in [-0.4, -0.2) is 0 Å². The molecule has 0 fully saturated rings. The monoisotopic (exact) mass is 269 g/mol. The maximum absolute atomic E-state index is 12.3. The first-order chi connectivity index (χ1) is 10.3. The third-order valence-corrected chi connectivity index (χ3v) is 3.95. The highest BCUT2D eigenvalue weighted by Crippen LogP contribution is 2.37. The number of benzene rings is 4. The Balaban J connectivity index is 2.15. The number of fused-ring (bicyclic) bond motifs is 2. The molecule has 0 saturated carbocycles. The quantitative estimate of drug-likeness (QED) is 0.416. The third kappa shape index (κ3) is 1.86. The van der Waals surface area contributed by atoms with E-state index in [4.69, 9.17) is 0 Å². The average Bonchev–Trinajstić information content (AvgIpc) is 2.54. The van der Waals surface area contributed by atoms with Gasteiger partial charge in [0.05, 0.1) is 0 Å². The van der Waals surface area contributed by atoms with Crippen LogP contribution in [0.3, 0.4) is 0 Å². The lowest BCUT2D eigenvalue weighted by molar-refractivity contribution is 0.360. The molecule has 4 aromatic rings. The fourth-order valence-corrected chi connectivity index (χ4v) is 2.99. The number of hydrogen-bond donors (Lipinski definition) is 0. The molecule has 0 amide bonds. The van der Waals surface area contributed by atoms with E-state index in [1.54, 1.807) is 6.07 Å². The summed E-state index contributed by atoms with van der Waals surface area (Å²) in [5.41, 5.74) is 2.12. The second-order valence-corrected chi connectivity index (χ2v) is 5.19. The van der Waals surface area contributed by atoms with Crippen molar-refractivity contribution >= 4 is 21.5 Å². The van der Waals surface area contributed by atoms with Crippen molar-refractivity contribution in [3.05, 3.63) is 78.9 Å². The van der Waals surface area contributed by atoms with E-state index < -0.39 is 0 Å². The minimum Gasteiger partial charge on any atom is -0.289 e. The van der Waals surface area contributed by atoms with Crippen molar-refractivity contribution in [2.75, 3.05) is 0 Å². The zero-order valence-electron chi connectivity index (χ0n) is 11.4. The van der Waals surface area contributed by atoms with E-state index in [2.05, 4.69) is 24.3 Å². The van der Waals surface area contributed by atoms with Crippen molar-refractivity contribution in [1.82, 2.24) is 0 Å². The summed E-state index contributed by atoms with van der Waals surface area (Å²) in [6, 6.07) is 26.0. The van der Waals surface area contributed by atoms with E-state index in [9.17, 15) is 5.11 Å². The van der Waals surface area contributed by atoms with Crippen molar-refractivity contribution in [3.63, 3.8) is 0 Å². The lowest BCUT2D eigenvalue weighted by atomic mass is 9.93. The van der Waals surface area contributed by atoms with Crippen molar-refractivity contribution in [1.29, 1.82) is 0 Å². The van der Waals surface area contributed by atoms with Crippen LogP contribution in [0.1, 0.15) is 0 Å². The fraction of sp³-hybridized carbons (Fsp3) is 0. The van der Waals surface area contributed by atoms with Crippen LogP contribution in [0.4, 0.5) is 0 Å². The van der Waals surface area contributed by atoms with E-state index in [0.29, 0.717) is 0 Å². The molecule has 4 aromatic carbocycles. The van der Waals surface area contributed by atoms with Crippen molar-refractivity contribution in [3.8, 4) is 16.9 Å². The highest BCUT2D eigenvalue weighted by Gasteiger charge is 2.10.